The largest absolute Gasteiger partial charge is 0.312 e. The van der Waals surface area contributed by atoms with Gasteiger partial charge in [0.1, 0.15) is 0 Å². The van der Waals surface area contributed by atoms with Gasteiger partial charge < -0.3 is 4.90 Å². The monoisotopic (exact) mass is 601 g/mol. The molecule has 2 heterocycles. The Kier molecular flexibility index (Phi) is 7.75. The zero-order chi connectivity index (χ0) is 26.2. The van der Waals surface area contributed by atoms with E-state index in [1.807, 2.05) is 55.5 Å². The predicted molar refractivity (Wildman–Crippen MR) is 151 cm³/mol. The highest BCUT2D eigenvalue weighted by Gasteiger charge is 2.35. The molecule has 5 rings (SSSR count). The van der Waals surface area contributed by atoms with Crippen LogP contribution in [0.15, 0.2) is 76.1 Å². The molecule has 9 heteroatoms. The van der Waals surface area contributed by atoms with Crippen molar-refractivity contribution in [3.05, 3.63) is 92.9 Å². The number of hydrogen-bond donors (Lipinski definition) is 0. The van der Waals surface area contributed by atoms with Gasteiger partial charge in [0.25, 0.3) is 0 Å². The lowest BCUT2D eigenvalue weighted by Crippen LogP contribution is -2.49. The van der Waals surface area contributed by atoms with Crippen molar-refractivity contribution in [3.8, 4) is 0 Å². The van der Waals surface area contributed by atoms with E-state index in [1.54, 1.807) is 15.3 Å². The molecule has 194 valence electrons. The average molecular weight is 603 g/mol. The Hall–Kier alpha value is -2.23. The average Bonchev–Trinajstić information content (AvgIpc) is 3.32. The Labute approximate surface area is 232 Å². The second-order valence-corrected chi connectivity index (χ2v) is 12.6. The Morgan fingerprint density at radius 2 is 1.59 bits per heavy atom. The molecule has 0 unspecified atom stereocenters. The van der Waals surface area contributed by atoms with Gasteiger partial charge in [-0.15, -0.1) is 0 Å². The quantitative estimate of drug-likeness (QED) is 0.374. The second kappa shape index (κ2) is 10.9. The summed E-state index contributed by atoms with van der Waals surface area (Å²) in [6, 6.07) is 21.6. The van der Waals surface area contributed by atoms with Crippen LogP contribution < -0.4 is 4.90 Å². The zero-order valence-corrected chi connectivity index (χ0v) is 23.8. The van der Waals surface area contributed by atoms with Crippen molar-refractivity contribution in [1.29, 1.82) is 0 Å². The van der Waals surface area contributed by atoms with Crippen molar-refractivity contribution >= 4 is 49.1 Å². The first-order valence-electron chi connectivity index (χ1n) is 12.5. The minimum absolute atomic E-state index is 0.00339. The number of anilines is 1. The number of benzene rings is 3. The van der Waals surface area contributed by atoms with Crippen molar-refractivity contribution in [2.75, 3.05) is 37.6 Å². The Morgan fingerprint density at radius 1 is 0.946 bits per heavy atom. The van der Waals surface area contributed by atoms with Gasteiger partial charge in [0.2, 0.25) is 15.9 Å². The molecule has 1 amide bonds. The molecule has 3 aromatic carbocycles. The second-order valence-electron chi connectivity index (χ2n) is 9.37. The van der Waals surface area contributed by atoms with Crippen molar-refractivity contribution in [2.45, 2.75) is 30.7 Å². The van der Waals surface area contributed by atoms with E-state index in [0.717, 1.165) is 23.1 Å². The van der Waals surface area contributed by atoms with Crippen LogP contribution in [0.3, 0.4) is 0 Å². The number of nitrogens with zero attached hydrogens (tertiary/aromatic N) is 3. The molecule has 0 aromatic heterocycles. The van der Waals surface area contributed by atoms with Crippen LogP contribution in [-0.2, 0) is 21.2 Å². The SMILES string of the molecule is CCC(=O)N1CCc2cc(Br)c(S(=O)(=O)N3CCN([C@@H](c4ccccc4)c4ccc(Cl)cc4)CC3)cc21. The summed E-state index contributed by atoms with van der Waals surface area (Å²) >= 11 is 9.64. The number of rotatable bonds is 6. The Balaban J connectivity index is 1.39. The summed E-state index contributed by atoms with van der Waals surface area (Å²) in [5, 5.41) is 0.686. The molecular formula is C28H29BrClN3O3S. The molecule has 1 atom stereocenters. The van der Waals surface area contributed by atoms with Gasteiger partial charge in [-0.25, -0.2) is 8.42 Å². The minimum Gasteiger partial charge on any atom is -0.312 e. The van der Waals surface area contributed by atoms with Gasteiger partial charge in [-0.1, -0.05) is 61.0 Å². The van der Waals surface area contributed by atoms with Crippen LogP contribution >= 0.6 is 27.5 Å². The topological polar surface area (TPSA) is 60.9 Å². The molecule has 1 saturated heterocycles. The first-order chi connectivity index (χ1) is 17.8. The lowest BCUT2D eigenvalue weighted by atomic mass is 9.96. The van der Waals surface area contributed by atoms with E-state index >= 15 is 0 Å². The third kappa shape index (κ3) is 5.22. The van der Waals surface area contributed by atoms with Crippen molar-refractivity contribution in [2.24, 2.45) is 0 Å². The van der Waals surface area contributed by atoms with Crippen LogP contribution in [0.5, 0.6) is 0 Å². The molecule has 6 nitrogen and oxygen atoms in total. The molecular weight excluding hydrogens is 574 g/mol. The number of hydrogen-bond acceptors (Lipinski definition) is 4. The maximum absolute atomic E-state index is 13.8. The Morgan fingerprint density at radius 3 is 2.24 bits per heavy atom. The van der Waals surface area contributed by atoms with Gasteiger partial charge in [0.15, 0.2) is 0 Å². The van der Waals surface area contributed by atoms with E-state index in [9.17, 15) is 13.2 Å². The van der Waals surface area contributed by atoms with E-state index in [4.69, 9.17) is 11.6 Å². The molecule has 0 spiro atoms. The molecule has 0 N–H and O–H groups in total. The van der Waals surface area contributed by atoms with E-state index in [1.165, 1.54) is 0 Å². The van der Waals surface area contributed by atoms with Crippen LogP contribution in [0.4, 0.5) is 5.69 Å². The summed E-state index contributed by atoms with van der Waals surface area (Å²) in [5.74, 6) is 0.00666. The van der Waals surface area contributed by atoms with Gasteiger partial charge >= 0.3 is 0 Å². The van der Waals surface area contributed by atoms with Gasteiger partial charge in [0, 0.05) is 54.3 Å². The van der Waals surface area contributed by atoms with Crippen molar-refractivity contribution in [3.63, 3.8) is 0 Å². The minimum atomic E-state index is -3.75. The van der Waals surface area contributed by atoms with Crippen LogP contribution in [0.1, 0.15) is 36.1 Å². The fourth-order valence-electron chi connectivity index (χ4n) is 5.27. The van der Waals surface area contributed by atoms with E-state index in [0.29, 0.717) is 54.3 Å². The number of carbonyl (C=O) groups is 1. The highest BCUT2D eigenvalue weighted by Crippen LogP contribution is 2.38. The molecule has 0 bridgehead atoms. The third-order valence-electron chi connectivity index (χ3n) is 7.19. The smallest absolute Gasteiger partial charge is 0.244 e. The van der Waals surface area contributed by atoms with Crippen LogP contribution in [0.2, 0.25) is 5.02 Å². The molecule has 2 aliphatic heterocycles. The summed E-state index contributed by atoms with van der Waals surface area (Å²) in [6.45, 7) is 4.33. The molecule has 3 aromatic rings. The first-order valence-corrected chi connectivity index (χ1v) is 15.1. The summed E-state index contributed by atoms with van der Waals surface area (Å²) in [6.07, 6.45) is 1.11. The first kappa shape index (κ1) is 26.4. The summed E-state index contributed by atoms with van der Waals surface area (Å²) < 4.78 is 29.6. The predicted octanol–water partition coefficient (Wildman–Crippen LogP) is 5.50. The molecule has 0 saturated carbocycles. The van der Waals surface area contributed by atoms with Crippen LogP contribution in [0, 0.1) is 0 Å². The van der Waals surface area contributed by atoms with Crippen molar-refractivity contribution < 1.29 is 13.2 Å². The maximum atomic E-state index is 13.8. The molecule has 2 aliphatic rings. The molecule has 37 heavy (non-hydrogen) atoms. The van der Waals surface area contributed by atoms with Gasteiger partial charge in [-0.2, -0.15) is 4.31 Å². The maximum Gasteiger partial charge on any atom is 0.244 e. The van der Waals surface area contributed by atoms with Crippen LogP contribution in [0.25, 0.3) is 0 Å². The summed E-state index contributed by atoms with van der Waals surface area (Å²) in [5.41, 5.74) is 3.97. The van der Waals surface area contributed by atoms with E-state index in [2.05, 4.69) is 33.0 Å². The normalized spacial score (nSPS) is 17.5. The number of halogens is 2. The number of sulfonamides is 1. The highest BCUT2D eigenvalue weighted by molar-refractivity contribution is 9.10. The Bertz CT molecular complexity index is 1390. The molecule has 0 radical (unpaired) electrons. The number of fused-ring (bicyclic) bond motifs is 1. The lowest BCUT2D eigenvalue weighted by molar-refractivity contribution is -0.118. The molecule has 1 fully saturated rings. The van der Waals surface area contributed by atoms with E-state index < -0.39 is 10.0 Å². The molecule has 0 aliphatic carbocycles. The number of amides is 1. The van der Waals surface area contributed by atoms with Gasteiger partial charge in [0.05, 0.1) is 10.9 Å². The van der Waals surface area contributed by atoms with Gasteiger partial charge in [-0.05, 0) is 63.3 Å². The third-order valence-corrected chi connectivity index (χ3v) is 10.3. The summed E-state index contributed by atoms with van der Waals surface area (Å²) in [4.78, 5) is 16.7. The van der Waals surface area contributed by atoms with E-state index in [-0.39, 0.29) is 16.8 Å². The fraction of sp³-hybridized carbons (Fsp3) is 0.321. The number of piperazine rings is 1. The summed E-state index contributed by atoms with van der Waals surface area (Å²) in [7, 11) is -3.75. The zero-order valence-electron chi connectivity index (χ0n) is 20.6. The van der Waals surface area contributed by atoms with Gasteiger partial charge in [-0.3, -0.25) is 9.69 Å². The standard InChI is InChI=1S/C28H29BrClN3O3S/c1-2-27(34)33-13-12-22-18-24(29)26(19-25(22)33)37(35,36)32-16-14-31(15-17-32)28(20-6-4-3-5-7-20)21-8-10-23(30)11-9-21/h3-11,18-19,28H,2,12-17H2,1H3/t28-/m0/s1. The fourth-order valence-corrected chi connectivity index (χ4v) is 7.89. The lowest BCUT2D eigenvalue weighted by Gasteiger charge is -2.39. The van der Waals surface area contributed by atoms with Crippen molar-refractivity contribution in [1.82, 2.24) is 9.21 Å². The van der Waals surface area contributed by atoms with Crippen LogP contribution in [-0.4, -0.2) is 56.3 Å². The highest BCUT2D eigenvalue weighted by atomic mass is 79.9. The number of carbonyl (C=O) groups excluding carboxylic acids is 1.